The topological polar surface area (TPSA) is 80.5 Å². The van der Waals surface area contributed by atoms with E-state index in [1.807, 2.05) is 43.0 Å². The summed E-state index contributed by atoms with van der Waals surface area (Å²) in [7, 11) is 0. The van der Waals surface area contributed by atoms with Crippen molar-refractivity contribution >= 4 is 6.03 Å². The summed E-state index contributed by atoms with van der Waals surface area (Å²) in [6.07, 6.45) is 3.42. The normalized spacial score (nSPS) is 17.0. The van der Waals surface area contributed by atoms with Gasteiger partial charge in [0, 0.05) is 26.1 Å². The molecule has 7 nitrogen and oxygen atoms in total. The zero-order chi connectivity index (χ0) is 19.1. The smallest absolute Gasteiger partial charge is 0.317 e. The molecule has 0 saturated carbocycles. The molecule has 1 aliphatic heterocycles. The second-order valence-corrected chi connectivity index (χ2v) is 6.98. The number of aromatic nitrogens is 2. The van der Waals surface area contributed by atoms with Crippen LogP contribution >= 0.6 is 0 Å². The number of likely N-dealkylation sites (tertiary alicyclic amines) is 1. The molecule has 2 aromatic rings. The molecular weight excluding hydrogens is 344 g/mol. The summed E-state index contributed by atoms with van der Waals surface area (Å²) in [6, 6.07) is 7.95. The van der Waals surface area contributed by atoms with Crippen LogP contribution < -0.4 is 10.1 Å². The molecule has 0 aliphatic carbocycles. The third-order valence-corrected chi connectivity index (χ3v) is 4.65. The molecule has 2 amide bonds. The number of carbonyl (C=O) groups is 1. The Morgan fingerprint density at radius 3 is 3.15 bits per heavy atom. The van der Waals surface area contributed by atoms with Gasteiger partial charge in [-0.25, -0.2) is 4.79 Å². The first-order valence-corrected chi connectivity index (χ1v) is 9.70. The van der Waals surface area contributed by atoms with Crippen molar-refractivity contribution in [3.63, 3.8) is 0 Å². The quantitative estimate of drug-likeness (QED) is 0.806. The van der Waals surface area contributed by atoms with Gasteiger partial charge in [-0.3, -0.25) is 0 Å². The number of rotatable bonds is 7. The van der Waals surface area contributed by atoms with Crippen LogP contribution in [0.25, 0.3) is 0 Å². The summed E-state index contributed by atoms with van der Waals surface area (Å²) < 4.78 is 11.2. The monoisotopic (exact) mass is 372 g/mol. The molecule has 7 heteroatoms. The Kier molecular flexibility index (Phi) is 6.68. The van der Waals surface area contributed by atoms with Crippen molar-refractivity contribution in [1.29, 1.82) is 0 Å². The van der Waals surface area contributed by atoms with E-state index in [9.17, 15) is 4.79 Å². The van der Waals surface area contributed by atoms with Crippen molar-refractivity contribution in [2.45, 2.75) is 45.4 Å². The molecule has 1 saturated heterocycles. The lowest BCUT2D eigenvalue weighted by atomic mass is 9.98. The summed E-state index contributed by atoms with van der Waals surface area (Å²) in [5.41, 5.74) is 1.17. The van der Waals surface area contributed by atoms with E-state index in [1.54, 1.807) is 0 Å². The number of nitrogens with one attached hydrogen (secondary N) is 1. The van der Waals surface area contributed by atoms with Crippen LogP contribution in [0.4, 0.5) is 4.79 Å². The van der Waals surface area contributed by atoms with Gasteiger partial charge in [0.2, 0.25) is 5.89 Å². The highest BCUT2D eigenvalue weighted by molar-refractivity contribution is 5.74. The zero-order valence-electron chi connectivity index (χ0n) is 16.1. The highest BCUT2D eigenvalue weighted by Gasteiger charge is 2.28. The highest BCUT2D eigenvalue weighted by Crippen LogP contribution is 2.25. The lowest BCUT2D eigenvalue weighted by Crippen LogP contribution is -2.45. The Hall–Kier alpha value is -2.57. The van der Waals surface area contributed by atoms with E-state index >= 15 is 0 Å². The molecule has 27 heavy (non-hydrogen) atoms. The van der Waals surface area contributed by atoms with Gasteiger partial charge < -0.3 is 19.5 Å². The number of urea groups is 1. The van der Waals surface area contributed by atoms with Gasteiger partial charge in [-0.15, -0.1) is 0 Å². The first kappa shape index (κ1) is 19.2. The second-order valence-electron chi connectivity index (χ2n) is 6.98. The number of ether oxygens (including phenoxy) is 1. The number of aryl methyl sites for hydroxylation is 1. The number of nitrogens with zero attached hydrogens (tertiary/aromatic N) is 3. The third kappa shape index (κ3) is 5.45. The van der Waals surface area contributed by atoms with Crippen molar-refractivity contribution < 1.29 is 14.1 Å². The molecule has 1 aliphatic rings. The van der Waals surface area contributed by atoms with Crippen molar-refractivity contribution in [3.05, 3.63) is 41.5 Å². The summed E-state index contributed by atoms with van der Waals surface area (Å²) in [6.45, 7) is 6.68. The molecule has 1 fully saturated rings. The Bertz CT molecular complexity index is 746. The molecular formula is C20H28N4O3. The van der Waals surface area contributed by atoms with Crippen molar-refractivity contribution in [3.8, 4) is 5.75 Å². The minimum absolute atomic E-state index is 0.00663. The van der Waals surface area contributed by atoms with Crippen LogP contribution in [0.2, 0.25) is 0 Å². The SMILES string of the molecule is CCCNC(=O)N1CCCC(c2nc(CCOc3cccc(C)c3)no2)C1. The van der Waals surface area contributed by atoms with Crippen LogP contribution in [0, 0.1) is 6.92 Å². The predicted molar refractivity (Wildman–Crippen MR) is 102 cm³/mol. The molecule has 0 bridgehead atoms. The molecule has 2 heterocycles. The van der Waals surface area contributed by atoms with Crippen molar-refractivity contribution in [2.24, 2.45) is 0 Å². The highest BCUT2D eigenvalue weighted by atomic mass is 16.5. The van der Waals surface area contributed by atoms with Gasteiger partial charge in [0.05, 0.1) is 12.5 Å². The molecule has 1 aromatic carbocycles. The summed E-state index contributed by atoms with van der Waals surface area (Å²) >= 11 is 0. The van der Waals surface area contributed by atoms with E-state index in [0.717, 1.165) is 31.6 Å². The van der Waals surface area contributed by atoms with Crippen LogP contribution in [0.1, 0.15) is 49.4 Å². The maximum atomic E-state index is 12.2. The predicted octanol–water partition coefficient (Wildman–Crippen LogP) is 3.30. The number of benzene rings is 1. The molecule has 146 valence electrons. The van der Waals surface area contributed by atoms with Gasteiger partial charge in [0.15, 0.2) is 5.82 Å². The van der Waals surface area contributed by atoms with Crippen LogP contribution in [-0.2, 0) is 6.42 Å². The van der Waals surface area contributed by atoms with Gasteiger partial charge in [-0.1, -0.05) is 24.2 Å². The van der Waals surface area contributed by atoms with E-state index in [-0.39, 0.29) is 11.9 Å². The van der Waals surface area contributed by atoms with Gasteiger partial charge in [-0.05, 0) is 43.9 Å². The standard InChI is InChI=1S/C20H28N4O3/c1-3-10-21-20(25)24-11-5-7-16(14-24)19-22-18(23-27-19)9-12-26-17-8-4-6-15(2)13-17/h4,6,8,13,16H,3,5,7,9-12,14H2,1-2H3,(H,21,25). The molecule has 0 spiro atoms. The molecule has 1 unspecified atom stereocenters. The molecule has 1 atom stereocenters. The third-order valence-electron chi connectivity index (χ3n) is 4.65. The van der Waals surface area contributed by atoms with Crippen molar-refractivity contribution in [2.75, 3.05) is 26.2 Å². The maximum Gasteiger partial charge on any atom is 0.317 e. The second kappa shape index (κ2) is 9.39. The fourth-order valence-corrected chi connectivity index (χ4v) is 3.21. The Morgan fingerprint density at radius 2 is 2.33 bits per heavy atom. The number of amides is 2. The van der Waals surface area contributed by atoms with Crippen LogP contribution in [0.5, 0.6) is 5.75 Å². The van der Waals surface area contributed by atoms with Gasteiger partial charge in [0.25, 0.3) is 0 Å². The van der Waals surface area contributed by atoms with Gasteiger partial charge in [-0.2, -0.15) is 4.98 Å². The average molecular weight is 372 g/mol. The Balaban J connectivity index is 1.50. The first-order valence-electron chi connectivity index (χ1n) is 9.70. The number of carbonyl (C=O) groups excluding carboxylic acids is 1. The zero-order valence-corrected chi connectivity index (χ0v) is 16.1. The van der Waals surface area contributed by atoms with E-state index in [1.165, 1.54) is 5.56 Å². The Labute approximate surface area is 160 Å². The largest absolute Gasteiger partial charge is 0.493 e. The van der Waals surface area contributed by atoms with Crippen LogP contribution in [0.3, 0.4) is 0 Å². The summed E-state index contributed by atoms with van der Waals surface area (Å²) in [4.78, 5) is 18.5. The average Bonchev–Trinajstić information content (AvgIpc) is 3.15. The summed E-state index contributed by atoms with van der Waals surface area (Å²) in [5.74, 6) is 2.21. The van der Waals surface area contributed by atoms with E-state index in [4.69, 9.17) is 9.26 Å². The van der Waals surface area contributed by atoms with Crippen LogP contribution in [-0.4, -0.2) is 47.3 Å². The first-order chi connectivity index (χ1) is 13.2. The van der Waals surface area contributed by atoms with Gasteiger partial charge in [0.1, 0.15) is 5.75 Å². The number of hydrogen-bond donors (Lipinski definition) is 1. The summed E-state index contributed by atoms with van der Waals surface area (Å²) in [5, 5.41) is 7.00. The number of hydrogen-bond acceptors (Lipinski definition) is 5. The molecule has 3 rings (SSSR count). The Morgan fingerprint density at radius 1 is 1.44 bits per heavy atom. The molecule has 0 radical (unpaired) electrons. The lowest BCUT2D eigenvalue weighted by Gasteiger charge is -2.31. The van der Waals surface area contributed by atoms with E-state index in [2.05, 4.69) is 15.5 Å². The van der Waals surface area contributed by atoms with E-state index < -0.39 is 0 Å². The van der Waals surface area contributed by atoms with Crippen LogP contribution in [0.15, 0.2) is 28.8 Å². The van der Waals surface area contributed by atoms with Crippen molar-refractivity contribution in [1.82, 2.24) is 20.4 Å². The van der Waals surface area contributed by atoms with E-state index in [0.29, 0.717) is 37.8 Å². The minimum atomic E-state index is -0.00663. The molecule has 1 aromatic heterocycles. The maximum absolute atomic E-state index is 12.2. The lowest BCUT2D eigenvalue weighted by molar-refractivity contribution is 0.172. The fraction of sp³-hybridized carbons (Fsp3) is 0.550. The van der Waals surface area contributed by atoms with Gasteiger partial charge >= 0.3 is 6.03 Å². The fourth-order valence-electron chi connectivity index (χ4n) is 3.21. The molecule has 1 N–H and O–H groups in total. The number of piperidine rings is 1. The minimum Gasteiger partial charge on any atom is -0.493 e.